The van der Waals surface area contributed by atoms with E-state index in [0.717, 1.165) is 32.5 Å². The molecule has 1 atom stereocenters. The largest absolute Gasteiger partial charge is 0.303 e. The molecular formula is C16H30N2O. The fourth-order valence-electron chi connectivity index (χ4n) is 3.63. The molecule has 1 unspecified atom stereocenters. The maximum absolute atomic E-state index is 11.5. The summed E-state index contributed by atoms with van der Waals surface area (Å²) < 4.78 is 0. The number of hydrogen-bond acceptors (Lipinski definition) is 3. The highest BCUT2D eigenvalue weighted by atomic mass is 16.1. The van der Waals surface area contributed by atoms with Crippen LogP contribution in [0.15, 0.2) is 0 Å². The summed E-state index contributed by atoms with van der Waals surface area (Å²) in [4.78, 5) is 16.7. The molecule has 0 aromatic carbocycles. The van der Waals surface area contributed by atoms with Crippen molar-refractivity contribution in [2.45, 2.75) is 58.4 Å². The van der Waals surface area contributed by atoms with Gasteiger partial charge in [0.2, 0.25) is 0 Å². The van der Waals surface area contributed by atoms with E-state index in [1.807, 2.05) is 0 Å². The molecule has 0 spiro atoms. The van der Waals surface area contributed by atoms with E-state index in [1.165, 1.54) is 45.1 Å². The van der Waals surface area contributed by atoms with Gasteiger partial charge in [0.1, 0.15) is 6.29 Å². The van der Waals surface area contributed by atoms with Gasteiger partial charge in [-0.15, -0.1) is 0 Å². The smallest absolute Gasteiger partial charge is 0.127 e. The van der Waals surface area contributed by atoms with Gasteiger partial charge in [-0.2, -0.15) is 0 Å². The Bertz CT molecular complexity index is 278. The molecule has 0 aromatic heterocycles. The zero-order chi connectivity index (χ0) is 13.7. The average Bonchev–Trinajstić information content (AvgIpc) is 2.48. The number of carbonyl (C=O) groups is 1. The fraction of sp³-hybridized carbons (Fsp3) is 0.938. The van der Waals surface area contributed by atoms with E-state index < -0.39 is 0 Å². The van der Waals surface area contributed by atoms with E-state index in [4.69, 9.17) is 0 Å². The van der Waals surface area contributed by atoms with Crippen LogP contribution in [0.2, 0.25) is 0 Å². The second-order valence-electron chi connectivity index (χ2n) is 6.61. The number of nitrogens with zero attached hydrogens (tertiary/aromatic N) is 2. The summed E-state index contributed by atoms with van der Waals surface area (Å²) in [5.41, 5.74) is -0.0171. The van der Waals surface area contributed by atoms with E-state index in [1.54, 1.807) is 0 Å². The highest BCUT2D eigenvalue weighted by Crippen LogP contribution is 2.35. The molecule has 0 radical (unpaired) electrons. The van der Waals surface area contributed by atoms with Crippen LogP contribution >= 0.6 is 0 Å². The molecule has 3 nitrogen and oxygen atoms in total. The van der Waals surface area contributed by atoms with Crippen LogP contribution in [0.25, 0.3) is 0 Å². The van der Waals surface area contributed by atoms with Crippen molar-refractivity contribution in [2.75, 3.05) is 32.7 Å². The molecule has 2 fully saturated rings. The maximum atomic E-state index is 11.5. The summed E-state index contributed by atoms with van der Waals surface area (Å²) in [6.07, 6.45) is 8.53. The van der Waals surface area contributed by atoms with Gasteiger partial charge in [0.05, 0.1) is 0 Å². The number of rotatable bonds is 5. The third-order valence-electron chi connectivity index (χ3n) is 5.26. The van der Waals surface area contributed by atoms with E-state index in [0.29, 0.717) is 6.04 Å². The van der Waals surface area contributed by atoms with E-state index in [-0.39, 0.29) is 5.41 Å². The van der Waals surface area contributed by atoms with Crippen LogP contribution in [0.1, 0.15) is 52.4 Å². The van der Waals surface area contributed by atoms with Gasteiger partial charge in [0.25, 0.3) is 0 Å². The predicted octanol–water partition coefficient (Wildman–Crippen LogP) is 2.55. The average molecular weight is 266 g/mol. The summed E-state index contributed by atoms with van der Waals surface area (Å²) in [5, 5.41) is 0. The molecule has 1 aliphatic heterocycles. The van der Waals surface area contributed by atoms with Crippen molar-refractivity contribution in [3.63, 3.8) is 0 Å². The number of piperazine rings is 1. The third kappa shape index (κ3) is 3.79. The van der Waals surface area contributed by atoms with Crippen LogP contribution in [-0.4, -0.2) is 54.9 Å². The molecule has 110 valence electrons. The minimum Gasteiger partial charge on any atom is -0.303 e. The lowest BCUT2D eigenvalue weighted by atomic mass is 9.75. The van der Waals surface area contributed by atoms with Crippen molar-refractivity contribution in [1.82, 2.24) is 9.80 Å². The van der Waals surface area contributed by atoms with Crippen LogP contribution < -0.4 is 0 Å². The molecule has 0 amide bonds. The van der Waals surface area contributed by atoms with Gasteiger partial charge in [-0.25, -0.2) is 0 Å². The quantitative estimate of drug-likeness (QED) is 0.715. The van der Waals surface area contributed by atoms with Crippen LogP contribution in [0.5, 0.6) is 0 Å². The summed E-state index contributed by atoms with van der Waals surface area (Å²) in [6, 6.07) is 0.705. The van der Waals surface area contributed by atoms with Gasteiger partial charge in [0, 0.05) is 44.2 Å². The molecule has 1 saturated carbocycles. The SMILES string of the molecule is CCC(C)N1CCN(CC2(C=O)CCCCC2)CC1. The molecule has 3 heteroatoms. The van der Waals surface area contributed by atoms with Crippen molar-refractivity contribution in [3.8, 4) is 0 Å². The lowest BCUT2D eigenvalue weighted by molar-refractivity contribution is -0.119. The molecule has 0 N–H and O–H groups in total. The minimum atomic E-state index is -0.0171. The zero-order valence-electron chi connectivity index (χ0n) is 12.7. The molecule has 1 saturated heterocycles. The second-order valence-corrected chi connectivity index (χ2v) is 6.61. The molecule has 2 aliphatic rings. The van der Waals surface area contributed by atoms with Crippen LogP contribution in [0.4, 0.5) is 0 Å². The van der Waals surface area contributed by atoms with E-state index in [2.05, 4.69) is 23.6 Å². The molecular weight excluding hydrogens is 236 g/mol. The van der Waals surface area contributed by atoms with Crippen LogP contribution in [0.3, 0.4) is 0 Å². The molecule has 1 aliphatic carbocycles. The first-order chi connectivity index (χ1) is 9.19. The highest BCUT2D eigenvalue weighted by molar-refractivity contribution is 5.60. The molecule has 0 aromatic rings. The lowest BCUT2D eigenvalue weighted by Crippen LogP contribution is -2.52. The van der Waals surface area contributed by atoms with E-state index in [9.17, 15) is 4.79 Å². The van der Waals surface area contributed by atoms with Gasteiger partial charge in [-0.1, -0.05) is 26.2 Å². The molecule has 0 bridgehead atoms. The first-order valence-corrected chi connectivity index (χ1v) is 8.12. The first-order valence-electron chi connectivity index (χ1n) is 8.12. The Morgan fingerprint density at radius 2 is 1.74 bits per heavy atom. The molecule has 2 rings (SSSR count). The summed E-state index contributed by atoms with van der Waals surface area (Å²) in [5.74, 6) is 0. The Morgan fingerprint density at radius 3 is 2.26 bits per heavy atom. The standard InChI is InChI=1S/C16H30N2O/c1-3-15(2)18-11-9-17(10-12-18)13-16(14-19)7-5-4-6-8-16/h14-15H,3-13H2,1-2H3. The fourth-order valence-corrected chi connectivity index (χ4v) is 3.63. The minimum absolute atomic E-state index is 0.0171. The maximum Gasteiger partial charge on any atom is 0.127 e. The normalized spacial score (nSPS) is 27.1. The third-order valence-corrected chi connectivity index (χ3v) is 5.26. The first kappa shape index (κ1) is 15.0. The van der Waals surface area contributed by atoms with Gasteiger partial charge in [0.15, 0.2) is 0 Å². The lowest BCUT2D eigenvalue weighted by Gasteiger charge is -2.42. The summed E-state index contributed by atoms with van der Waals surface area (Å²) in [7, 11) is 0. The van der Waals surface area contributed by atoms with Crippen LogP contribution in [-0.2, 0) is 4.79 Å². The van der Waals surface area contributed by atoms with Crippen molar-refractivity contribution < 1.29 is 4.79 Å². The second kappa shape index (κ2) is 6.85. The van der Waals surface area contributed by atoms with Crippen molar-refractivity contribution in [2.24, 2.45) is 5.41 Å². The van der Waals surface area contributed by atoms with Gasteiger partial charge in [-0.05, 0) is 26.2 Å². The monoisotopic (exact) mass is 266 g/mol. The van der Waals surface area contributed by atoms with E-state index >= 15 is 0 Å². The number of hydrogen-bond donors (Lipinski definition) is 0. The Kier molecular flexibility index (Phi) is 5.40. The van der Waals surface area contributed by atoms with Crippen molar-refractivity contribution in [1.29, 1.82) is 0 Å². The Hall–Kier alpha value is -0.410. The van der Waals surface area contributed by atoms with Crippen LogP contribution in [0, 0.1) is 5.41 Å². The topological polar surface area (TPSA) is 23.6 Å². The Balaban J connectivity index is 1.82. The number of aldehydes is 1. The summed E-state index contributed by atoms with van der Waals surface area (Å²) in [6.45, 7) is 10.2. The van der Waals surface area contributed by atoms with Gasteiger partial charge < -0.3 is 4.79 Å². The highest BCUT2D eigenvalue weighted by Gasteiger charge is 2.34. The molecule has 1 heterocycles. The zero-order valence-corrected chi connectivity index (χ0v) is 12.7. The molecule has 19 heavy (non-hydrogen) atoms. The van der Waals surface area contributed by atoms with Crippen molar-refractivity contribution in [3.05, 3.63) is 0 Å². The Labute approximate surface area is 118 Å². The van der Waals surface area contributed by atoms with Gasteiger partial charge >= 0.3 is 0 Å². The number of carbonyl (C=O) groups excluding carboxylic acids is 1. The van der Waals surface area contributed by atoms with Gasteiger partial charge in [-0.3, -0.25) is 9.80 Å². The predicted molar refractivity (Wildman–Crippen MR) is 79.3 cm³/mol. The Morgan fingerprint density at radius 1 is 1.11 bits per heavy atom. The summed E-state index contributed by atoms with van der Waals surface area (Å²) >= 11 is 0. The van der Waals surface area contributed by atoms with Crippen molar-refractivity contribution >= 4 is 6.29 Å².